The second-order valence-corrected chi connectivity index (χ2v) is 4.85. The van der Waals surface area contributed by atoms with Gasteiger partial charge in [0.2, 0.25) is 0 Å². The summed E-state index contributed by atoms with van der Waals surface area (Å²) in [5, 5.41) is 22.9. The van der Waals surface area contributed by atoms with Gasteiger partial charge in [-0.3, -0.25) is 4.79 Å². The molecule has 0 saturated carbocycles. The fraction of sp³-hybridized carbons (Fsp3) is 0.333. The molecule has 1 unspecified atom stereocenters. The Bertz CT molecular complexity index is 558. The van der Waals surface area contributed by atoms with Crippen molar-refractivity contribution in [3.63, 3.8) is 0 Å². The van der Waals surface area contributed by atoms with E-state index in [4.69, 9.17) is 4.74 Å². The van der Waals surface area contributed by atoms with Crippen LogP contribution in [0.15, 0.2) is 41.7 Å². The molecule has 0 radical (unpaired) electrons. The van der Waals surface area contributed by atoms with E-state index in [1.807, 2.05) is 30.3 Å². The first-order valence-electron chi connectivity index (χ1n) is 6.59. The molecular weight excluding hydrogens is 297 g/mol. The Morgan fingerprint density at radius 1 is 1.36 bits per heavy atom. The third kappa shape index (κ3) is 5.46. The normalized spacial score (nSPS) is 17.6. The Balaban J connectivity index is 0.00000242. The van der Waals surface area contributed by atoms with Gasteiger partial charge < -0.3 is 25.1 Å². The van der Waals surface area contributed by atoms with Crippen molar-refractivity contribution >= 4 is 11.9 Å². The van der Waals surface area contributed by atoms with Gasteiger partial charge in [0, 0.05) is 18.8 Å². The molecule has 0 aliphatic carbocycles. The van der Waals surface area contributed by atoms with Gasteiger partial charge >= 0.3 is 29.6 Å². The van der Waals surface area contributed by atoms with E-state index in [2.05, 4.69) is 5.32 Å². The molecule has 1 aromatic rings. The molecule has 0 aromatic heterocycles. The Morgan fingerprint density at radius 2 is 2.05 bits per heavy atom. The molecule has 22 heavy (non-hydrogen) atoms. The summed E-state index contributed by atoms with van der Waals surface area (Å²) in [5.41, 5.74) is 0.867. The van der Waals surface area contributed by atoms with E-state index >= 15 is 0 Å². The number of ether oxygens (including phenoxy) is 1. The van der Waals surface area contributed by atoms with Crippen LogP contribution in [0.1, 0.15) is 18.4 Å². The Kier molecular flexibility index (Phi) is 7.61. The van der Waals surface area contributed by atoms with Crippen LogP contribution < -0.4 is 40.0 Å². The van der Waals surface area contributed by atoms with Gasteiger partial charge in [0.1, 0.15) is 5.76 Å². The first-order chi connectivity index (χ1) is 10.1. The molecule has 1 aliphatic heterocycles. The summed E-state index contributed by atoms with van der Waals surface area (Å²) < 4.78 is 5.50. The molecule has 2 rings (SSSR count). The molecular formula is C15H16NNaO5. The van der Waals surface area contributed by atoms with E-state index in [9.17, 15) is 19.8 Å². The van der Waals surface area contributed by atoms with Crippen LogP contribution in [0, 0.1) is 0 Å². The van der Waals surface area contributed by atoms with Gasteiger partial charge in [-0.05, 0) is 5.56 Å². The van der Waals surface area contributed by atoms with Crippen molar-refractivity contribution in [2.75, 3.05) is 6.61 Å². The summed E-state index contributed by atoms with van der Waals surface area (Å²) in [6, 6.07) is 9.20. The maximum atomic E-state index is 11.7. The van der Waals surface area contributed by atoms with Crippen molar-refractivity contribution in [2.24, 2.45) is 0 Å². The number of hydrogen-bond acceptors (Lipinski definition) is 5. The first kappa shape index (κ1) is 18.7. The molecule has 1 atom stereocenters. The zero-order valence-corrected chi connectivity index (χ0v) is 14.4. The van der Waals surface area contributed by atoms with Gasteiger partial charge in [-0.25, -0.2) is 0 Å². The molecule has 0 saturated heterocycles. The maximum absolute atomic E-state index is 11.7. The van der Waals surface area contributed by atoms with Gasteiger partial charge in [0.25, 0.3) is 5.91 Å². The molecule has 2 N–H and O–H groups in total. The van der Waals surface area contributed by atoms with Crippen LogP contribution in [0.4, 0.5) is 0 Å². The van der Waals surface area contributed by atoms with Gasteiger partial charge in [0.05, 0.1) is 24.8 Å². The summed E-state index contributed by atoms with van der Waals surface area (Å²) in [4.78, 5) is 22.2. The van der Waals surface area contributed by atoms with Crippen molar-refractivity contribution in [2.45, 2.75) is 25.5 Å². The van der Waals surface area contributed by atoms with Crippen molar-refractivity contribution in [1.82, 2.24) is 5.32 Å². The van der Waals surface area contributed by atoms with E-state index in [-0.39, 0.29) is 60.0 Å². The van der Waals surface area contributed by atoms with E-state index in [1.54, 1.807) is 0 Å². The number of carbonyl (C=O) groups excluding carboxylic acids is 2. The number of aliphatic hydroxyl groups excluding tert-OH is 1. The number of carbonyl (C=O) groups is 2. The predicted octanol–water partition coefficient (Wildman–Crippen LogP) is -2.95. The summed E-state index contributed by atoms with van der Waals surface area (Å²) in [5.74, 6) is -2.20. The molecule has 0 spiro atoms. The summed E-state index contributed by atoms with van der Waals surface area (Å²) in [7, 11) is 0. The second-order valence-electron chi connectivity index (χ2n) is 4.85. The summed E-state index contributed by atoms with van der Waals surface area (Å²) >= 11 is 0. The number of benzene rings is 1. The number of aliphatic hydroxyl groups is 1. The number of amides is 1. The maximum Gasteiger partial charge on any atom is 1.00 e. The van der Waals surface area contributed by atoms with Crippen molar-refractivity contribution in [3.05, 3.63) is 47.2 Å². The SMILES string of the molecule is O=C([O-])CC1=C(O)CC(COCc2ccccc2)NC1=O.[Na+]. The van der Waals surface area contributed by atoms with Gasteiger partial charge in [0.15, 0.2) is 0 Å². The topological polar surface area (TPSA) is 98.7 Å². The fourth-order valence-corrected chi connectivity index (χ4v) is 2.13. The summed E-state index contributed by atoms with van der Waals surface area (Å²) in [6.45, 7) is 0.646. The number of hydrogen-bond donors (Lipinski definition) is 2. The molecule has 1 aliphatic rings. The molecule has 1 heterocycles. The van der Waals surface area contributed by atoms with Gasteiger partial charge in [-0.15, -0.1) is 0 Å². The molecule has 0 bridgehead atoms. The summed E-state index contributed by atoms with van der Waals surface area (Å²) in [6.07, 6.45) is -0.432. The molecule has 0 fully saturated rings. The predicted molar refractivity (Wildman–Crippen MR) is 71.9 cm³/mol. The van der Waals surface area contributed by atoms with E-state index in [0.717, 1.165) is 5.56 Å². The number of nitrogens with one attached hydrogen (secondary N) is 1. The van der Waals surface area contributed by atoms with Crippen molar-refractivity contribution < 1.29 is 54.1 Å². The van der Waals surface area contributed by atoms with E-state index in [0.29, 0.717) is 6.61 Å². The fourth-order valence-electron chi connectivity index (χ4n) is 2.13. The van der Waals surface area contributed by atoms with E-state index in [1.165, 1.54) is 0 Å². The standard InChI is InChI=1S/C15H17NO5.Na/c17-13-6-11(16-15(20)12(13)7-14(18)19)9-21-8-10-4-2-1-3-5-10;/h1-5,11,17H,6-9H2,(H,16,20)(H,18,19);/q;+1/p-1. The number of carboxylic acids is 1. The molecule has 112 valence electrons. The zero-order valence-electron chi connectivity index (χ0n) is 12.4. The minimum atomic E-state index is -1.40. The third-order valence-electron chi connectivity index (χ3n) is 3.15. The average Bonchev–Trinajstić information content (AvgIpc) is 2.44. The number of rotatable bonds is 6. The van der Waals surface area contributed by atoms with Crippen LogP contribution >= 0.6 is 0 Å². The zero-order chi connectivity index (χ0) is 15.2. The minimum Gasteiger partial charge on any atom is -0.550 e. The molecule has 1 amide bonds. The quantitative estimate of drug-likeness (QED) is 0.547. The molecule has 6 nitrogen and oxygen atoms in total. The smallest absolute Gasteiger partial charge is 0.550 e. The monoisotopic (exact) mass is 313 g/mol. The second kappa shape index (κ2) is 8.95. The average molecular weight is 313 g/mol. The Morgan fingerprint density at radius 3 is 2.64 bits per heavy atom. The minimum absolute atomic E-state index is 0. The number of aliphatic carboxylic acids is 1. The van der Waals surface area contributed by atoms with Gasteiger partial charge in [-0.1, -0.05) is 30.3 Å². The largest absolute Gasteiger partial charge is 1.00 e. The molecule has 7 heteroatoms. The van der Waals surface area contributed by atoms with Crippen molar-refractivity contribution in [1.29, 1.82) is 0 Å². The Labute approximate surface area is 150 Å². The Hall–Kier alpha value is -1.34. The van der Waals surface area contributed by atoms with Crippen LogP contribution in [0.3, 0.4) is 0 Å². The van der Waals surface area contributed by atoms with Crippen LogP contribution in [0.25, 0.3) is 0 Å². The van der Waals surface area contributed by atoms with E-state index < -0.39 is 18.3 Å². The first-order valence-corrected chi connectivity index (χ1v) is 6.59. The third-order valence-corrected chi connectivity index (χ3v) is 3.15. The van der Waals surface area contributed by atoms with Crippen LogP contribution in [-0.2, 0) is 20.9 Å². The van der Waals surface area contributed by atoms with Crippen LogP contribution in [0.5, 0.6) is 0 Å². The van der Waals surface area contributed by atoms with Gasteiger partial charge in [-0.2, -0.15) is 0 Å². The van der Waals surface area contributed by atoms with Crippen LogP contribution in [0.2, 0.25) is 0 Å². The van der Waals surface area contributed by atoms with Crippen LogP contribution in [-0.4, -0.2) is 29.6 Å². The number of carboxylic acid groups (broad SMARTS) is 1. The molecule has 1 aromatic carbocycles. The van der Waals surface area contributed by atoms with Crippen molar-refractivity contribution in [3.8, 4) is 0 Å².